The monoisotopic (exact) mass is 231 g/mol. The van der Waals surface area contributed by atoms with Gasteiger partial charge in [-0.1, -0.05) is 6.07 Å². The molecule has 1 saturated heterocycles. The molecule has 0 saturated carbocycles. The summed E-state index contributed by atoms with van der Waals surface area (Å²) in [5.41, 5.74) is 6.86. The van der Waals surface area contributed by atoms with Gasteiger partial charge in [0.05, 0.1) is 18.5 Å². The second-order valence-electron chi connectivity index (χ2n) is 4.14. The average Bonchev–Trinajstić information content (AvgIpc) is 2.38. The molecule has 1 fully saturated rings. The first-order valence-corrected chi connectivity index (χ1v) is 5.85. The van der Waals surface area contributed by atoms with E-state index in [1.807, 2.05) is 12.1 Å². The number of nitrogens with one attached hydrogen (secondary N) is 1. The second-order valence-corrected chi connectivity index (χ2v) is 4.14. The molecule has 1 atom stereocenters. The molecule has 5 heteroatoms. The summed E-state index contributed by atoms with van der Waals surface area (Å²) in [7, 11) is 0. The summed E-state index contributed by atoms with van der Waals surface area (Å²) in [4.78, 5) is 6.40. The van der Waals surface area contributed by atoms with Crippen molar-refractivity contribution >= 4 is 5.82 Å². The van der Waals surface area contributed by atoms with Gasteiger partial charge in [-0.05, 0) is 6.07 Å². The van der Waals surface area contributed by atoms with E-state index in [0.717, 1.165) is 31.7 Å². The molecule has 3 N–H and O–H groups in total. The standard InChI is InChI=1S/C12H17N5/c13-4-3-11(17-8-6-15-7-9-17)10-2-1-5-16-12(10)14/h1-2,5,11,15H,3,6-9H2,(H2,14,16)/t11-/m0/s1. The third-order valence-electron chi connectivity index (χ3n) is 3.11. The summed E-state index contributed by atoms with van der Waals surface area (Å²) in [6, 6.07) is 6.15. The SMILES string of the molecule is N#CC[C@@H](c1cccnc1N)N1CCNCC1. The van der Waals surface area contributed by atoms with E-state index in [1.54, 1.807) is 6.20 Å². The summed E-state index contributed by atoms with van der Waals surface area (Å²) in [6.07, 6.45) is 2.13. The van der Waals surface area contributed by atoms with Gasteiger partial charge in [-0.3, -0.25) is 4.90 Å². The Labute approximate surface area is 101 Å². The number of nitriles is 1. The van der Waals surface area contributed by atoms with Crippen molar-refractivity contribution in [3.63, 3.8) is 0 Å². The third-order valence-corrected chi connectivity index (χ3v) is 3.11. The Bertz CT molecular complexity index is 406. The highest BCUT2D eigenvalue weighted by atomic mass is 15.2. The molecular weight excluding hydrogens is 214 g/mol. The molecule has 0 spiro atoms. The number of nitrogens with zero attached hydrogens (tertiary/aromatic N) is 3. The van der Waals surface area contributed by atoms with E-state index in [1.165, 1.54) is 0 Å². The number of pyridine rings is 1. The zero-order chi connectivity index (χ0) is 12.1. The van der Waals surface area contributed by atoms with E-state index in [-0.39, 0.29) is 6.04 Å². The van der Waals surface area contributed by atoms with Gasteiger partial charge in [-0.15, -0.1) is 0 Å². The number of nitrogens with two attached hydrogens (primary N) is 1. The van der Waals surface area contributed by atoms with Crippen LogP contribution in [0.3, 0.4) is 0 Å². The van der Waals surface area contributed by atoms with Crippen molar-refractivity contribution in [3.8, 4) is 6.07 Å². The highest BCUT2D eigenvalue weighted by Crippen LogP contribution is 2.27. The van der Waals surface area contributed by atoms with E-state index in [9.17, 15) is 0 Å². The van der Waals surface area contributed by atoms with Crippen LogP contribution in [-0.2, 0) is 0 Å². The van der Waals surface area contributed by atoms with Crippen LogP contribution in [0.4, 0.5) is 5.82 Å². The minimum atomic E-state index is 0.0656. The average molecular weight is 231 g/mol. The highest BCUT2D eigenvalue weighted by molar-refractivity contribution is 5.41. The van der Waals surface area contributed by atoms with Gasteiger partial charge in [0.2, 0.25) is 0 Å². The molecule has 17 heavy (non-hydrogen) atoms. The maximum absolute atomic E-state index is 8.97. The first-order chi connectivity index (χ1) is 8.33. The Morgan fingerprint density at radius 1 is 1.53 bits per heavy atom. The number of piperazine rings is 1. The molecule has 2 heterocycles. The van der Waals surface area contributed by atoms with Crippen molar-refractivity contribution in [1.29, 1.82) is 5.26 Å². The molecule has 0 unspecified atom stereocenters. The van der Waals surface area contributed by atoms with E-state index >= 15 is 0 Å². The molecule has 5 nitrogen and oxygen atoms in total. The van der Waals surface area contributed by atoms with Crippen LogP contribution < -0.4 is 11.1 Å². The quantitative estimate of drug-likeness (QED) is 0.793. The van der Waals surface area contributed by atoms with Crippen molar-refractivity contribution in [1.82, 2.24) is 15.2 Å². The van der Waals surface area contributed by atoms with Crippen LogP contribution in [0.2, 0.25) is 0 Å². The molecule has 1 aliphatic heterocycles. The fourth-order valence-corrected chi connectivity index (χ4v) is 2.23. The van der Waals surface area contributed by atoms with Crippen LogP contribution in [0, 0.1) is 11.3 Å². The van der Waals surface area contributed by atoms with Crippen LogP contribution in [0.25, 0.3) is 0 Å². The lowest BCUT2D eigenvalue weighted by Crippen LogP contribution is -2.45. The van der Waals surface area contributed by atoms with E-state index in [2.05, 4.69) is 21.3 Å². The number of hydrogen-bond donors (Lipinski definition) is 2. The van der Waals surface area contributed by atoms with Gasteiger partial charge in [-0.2, -0.15) is 5.26 Å². The lowest BCUT2D eigenvalue weighted by molar-refractivity contribution is 0.176. The van der Waals surface area contributed by atoms with Gasteiger partial charge in [0.15, 0.2) is 0 Å². The summed E-state index contributed by atoms with van der Waals surface area (Å²) >= 11 is 0. The summed E-state index contributed by atoms with van der Waals surface area (Å²) in [5.74, 6) is 0.534. The van der Waals surface area contributed by atoms with Gasteiger partial charge in [0.1, 0.15) is 5.82 Å². The number of aromatic nitrogens is 1. The fourth-order valence-electron chi connectivity index (χ4n) is 2.23. The first-order valence-electron chi connectivity index (χ1n) is 5.85. The lowest BCUT2D eigenvalue weighted by atomic mass is 10.0. The smallest absolute Gasteiger partial charge is 0.128 e. The van der Waals surface area contributed by atoms with Crippen LogP contribution in [-0.4, -0.2) is 36.1 Å². The summed E-state index contributed by atoms with van der Waals surface area (Å²) < 4.78 is 0. The van der Waals surface area contributed by atoms with Crippen LogP contribution in [0.15, 0.2) is 18.3 Å². The van der Waals surface area contributed by atoms with E-state index in [4.69, 9.17) is 11.0 Å². The maximum Gasteiger partial charge on any atom is 0.128 e. The number of hydrogen-bond acceptors (Lipinski definition) is 5. The van der Waals surface area contributed by atoms with E-state index < -0.39 is 0 Å². The summed E-state index contributed by atoms with van der Waals surface area (Å²) in [5, 5.41) is 12.3. The molecule has 0 bridgehead atoms. The Hall–Kier alpha value is -1.64. The molecule has 1 aliphatic rings. The van der Waals surface area contributed by atoms with Crippen molar-refractivity contribution in [3.05, 3.63) is 23.9 Å². The van der Waals surface area contributed by atoms with Gasteiger partial charge in [-0.25, -0.2) is 4.98 Å². The summed E-state index contributed by atoms with van der Waals surface area (Å²) in [6.45, 7) is 3.81. The van der Waals surface area contributed by atoms with Gasteiger partial charge in [0, 0.05) is 37.9 Å². The molecule has 0 amide bonds. The van der Waals surface area contributed by atoms with E-state index in [0.29, 0.717) is 12.2 Å². The van der Waals surface area contributed by atoms with Crippen molar-refractivity contribution in [2.45, 2.75) is 12.5 Å². The molecule has 90 valence electrons. The third kappa shape index (κ3) is 2.73. The molecule has 1 aromatic heterocycles. The Morgan fingerprint density at radius 3 is 2.94 bits per heavy atom. The minimum Gasteiger partial charge on any atom is -0.383 e. The van der Waals surface area contributed by atoms with Gasteiger partial charge in [0.25, 0.3) is 0 Å². The highest BCUT2D eigenvalue weighted by Gasteiger charge is 2.23. The molecule has 2 rings (SSSR count). The predicted molar refractivity (Wildman–Crippen MR) is 66.1 cm³/mol. The van der Waals surface area contributed by atoms with Crippen LogP contribution in [0.1, 0.15) is 18.0 Å². The maximum atomic E-state index is 8.97. The molecule has 0 aliphatic carbocycles. The van der Waals surface area contributed by atoms with Crippen molar-refractivity contribution in [2.75, 3.05) is 31.9 Å². The molecule has 1 aromatic rings. The fraction of sp³-hybridized carbons (Fsp3) is 0.500. The topological polar surface area (TPSA) is 78.0 Å². The van der Waals surface area contributed by atoms with Crippen LogP contribution >= 0.6 is 0 Å². The zero-order valence-electron chi connectivity index (χ0n) is 9.76. The zero-order valence-corrected chi connectivity index (χ0v) is 9.76. The van der Waals surface area contributed by atoms with Crippen molar-refractivity contribution < 1.29 is 0 Å². The predicted octanol–water partition coefficient (Wildman–Crippen LogP) is 0.524. The molecular formula is C12H17N5. The number of anilines is 1. The lowest BCUT2D eigenvalue weighted by Gasteiger charge is -2.34. The Balaban J connectivity index is 2.22. The Kier molecular flexibility index (Phi) is 3.91. The van der Waals surface area contributed by atoms with Crippen molar-refractivity contribution in [2.24, 2.45) is 0 Å². The van der Waals surface area contributed by atoms with Gasteiger partial charge >= 0.3 is 0 Å². The second kappa shape index (κ2) is 5.62. The number of nitrogen functional groups attached to an aromatic ring is 1. The Morgan fingerprint density at radius 2 is 2.29 bits per heavy atom. The normalized spacial score (nSPS) is 18.5. The number of rotatable bonds is 3. The largest absolute Gasteiger partial charge is 0.383 e. The minimum absolute atomic E-state index is 0.0656. The van der Waals surface area contributed by atoms with Crippen LogP contribution in [0.5, 0.6) is 0 Å². The molecule has 0 radical (unpaired) electrons. The first kappa shape index (κ1) is 11.8. The van der Waals surface area contributed by atoms with Gasteiger partial charge < -0.3 is 11.1 Å². The molecule has 0 aromatic carbocycles.